The summed E-state index contributed by atoms with van der Waals surface area (Å²) >= 11 is 1.54. The lowest BCUT2D eigenvalue weighted by atomic mass is 9.77. The highest BCUT2D eigenvalue weighted by atomic mass is 32.2. The Balaban J connectivity index is 1.42. The first-order valence-electron chi connectivity index (χ1n) is 11.5. The number of aliphatic hydroxyl groups excluding tert-OH is 1. The van der Waals surface area contributed by atoms with Crippen LogP contribution in [0.15, 0.2) is 55.7 Å². The van der Waals surface area contributed by atoms with Crippen molar-refractivity contribution in [2.45, 2.75) is 36.7 Å². The molecular formula is C23H24N4O6S3. The summed E-state index contributed by atoms with van der Waals surface area (Å²) in [7, 11) is -7.90. The van der Waals surface area contributed by atoms with E-state index in [4.69, 9.17) is 0 Å². The molecule has 2 fully saturated rings. The van der Waals surface area contributed by atoms with Crippen molar-refractivity contribution in [2.75, 3.05) is 16.3 Å². The number of fused-ring (bicyclic) bond motifs is 6. The van der Waals surface area contributed by atoms with Crippen LogP contribution < -0.4 is 10.0 Å². The highest BCUT2D eigenvalue weighted by Crippen LogP contribution is 2.55. The van der Waals surface area contributed by atoms with Gasteiger partial charge in [0.2, 0.25) is 10.0 Å². The van der Waals surface area contributed by atoms with Crippen molar-refractivity contribution in [3.8, 4) is 0 Å². The molecule has 2 aliphatic heterocycles. The van der Waals surface area contributed by atoms with Crippen LogP contribution >= 0.6 is 11.3 Å². The van der Waals surface area contributed by atoms with E-state index in [1.807, 2.05) is 16.8 Å². The number of hydrogen-bond acceptors (Lipinski definition) is 8. The van der Waals surface area contributed by atoms with Gasteiger partial charge in [-0.1, -0.05) is 0 Å². The molecule has 2 bridgehead atoms. The van der Waals surface area contributed by atoms with Crippen molar-refractivity contribution in [3.63, 3.8) is 0 Å². The Labute approximate surface area is 212 Å². The van der Waals surface area contributed by atoms with E-state index >= 15 is 0 Å². The minimum atomic E-state index is -4.29. The molecule has 2 aromatic rings. The Morgan fingerprint density at radius 3 is 2.75 bits per heavy atom. The van der Waals surface area contributed by atoms with Crippen LogP contribution in [0.2, 0.25) is 0 Å². The fourth-order valence-corrected chi connectivity index (χ4v) is 8.54. The largest absolute Gasteiger partial charge is 0.511 e. The normalized spacial score (nSPS) is 28.4. The molecule has 3 heterocycles. The van der Waals surface area contributed by atoms with Gasteiger partial charge in [0.25, 0.3) is 15.9 Å². The summed E-state index contributed by atoms with van der Waals surface area (Å²) in [6.07, 6.45) is 3.86. The minimum absolute atomic E-state index is 0.0721. The van der Waals surface area contributed by atoms with Gasteiger partial charge in [-0.3, -0.25) is 9.52 Å². The van der Waals surface area contributed by atoms with Crippen LogP contribution in [0.3, 0.4) is 0 Å². The monoisotopic (exact) mass is 548 g/mol. The van der Waals surface area contributed by atoms with Crippen LogP contribution in [0, 0.1) is 17.8 Å². The summed E-state index contributed by atoms with van der Waals surface area (Å²) in [5.74, 6) is -0.495. The molecule has 6 rings (SSSR count). The zero-order valence-electron chi connectivity index (χ0n) is 19.2. The van der Waals surface area contributed by atoms with Gasteiger partial charge in [0, 0.05) is 24.2 Å². The van der Waals surface area contributed by atoms with Crippen molar-refractivity contribution < 1.29 is 26.7 Å². The number of amidine groups is 1. The predicted octanol–water partition coefficient (Wildman–Crippen LogP) is 2.90. The highest BCUT2D eigenvalue weighted by Gasteiger charge is 2.57. The lowest BCUT2D eigenvalue weighted by Crippen LogP contribution is -2.53. The van der Waals surface area contributed by atoms with Crippen LogP contribution in [0.25, 0.3) is 0 Å². The number of benzene rings is 1. The first kappa shape index (κ1) is 23.5. The third-order valence-corrected chi connectivity index (χ3v) is 10.1. The number of nitrogens with zero attached hydrogens (tertiary/aromatic N) is 2. The molecule has 10 nitrogen and oxygen atoms in total. The third kappa shape index (κ3) is 3.80. The smallest absolute Gasteiger partial charge is 0.286 e. The van der Waals surface area contributed by atoms with E-state index in [-0.39, 0.29) is 51.3 Å². The quantitative estimate of drug-likeness (QED) is 0.521. The molecule has 0 unspecified atom stereocenters. The van der Waals surface area contributed by atoms with Crippen LogP contribution in [-0.2, 0) is 31.4 Å². The molecule has 0 radical (unpaired) electrons. The molecule has 0 saturated heterocycles. The summed E-state index contributed by atoms with van der Waals surface area (Å²) < 4.78 is 55.5. The second-order valence-electron chi connectivity index (χ2n) is 9.80. The average Bonchev–Trinajstić information content (AvgIpc) is 3.54. The molecule has 4 aliphatic rings. The van der Waals surface area contributed by atoms with Gasteiger partial charge in [-0.15, -0.1) is 4.40 Å². The second kappa shape index (κ2) is 8.05. The number of anilines is 2. The van der Waals surface area contributed by atoms with Crippen LogP contribution in [0.1, 0.15) is 24.8 Å². The molecule has 190 valence electrons. The maximum atomic E-state index is 13.8. The molecule has 2 aliphatic carbocycles. The van der Waals surface area contributed by atoms with Crippen molar-refractivity contribution in [1.29, 1.82) is 0 Å². The topological polar surface area (TPSA) is 145 Å². The van der Waals surface area contributed by atoms with Gasteiger partial charge >= 0.3 is 0 Å². The Bertz CT molecular complexity index is 1550. The number of sulfonamides is 2. The Hall–Kier alpha value is -2.90. The number of amides is 1. The Kier molecular flexibility index (Phi) is 5.25. The van der Waals surface area contributed by atoms with Gasteiger partial charge < -0.3 is 15.3 Å². The zero-order chi connectivity index (χ0) is 25.4. The van der Waals surface area contributed by atoms with Crippen LogP contribution in [0.4, 0.5) is 11.4 Å². The van der Waals surface area contributed by atoms with E-state index in [1.54, 1.807) is 4.90 Å². The number of nitrogens with one attached hydrogen (secondary N) is 2. The first-order valence-corrected chi connectivity index (χ1v) is 15.8. The SMILES string of the molecule is CS(=O)(=O)Nc1ccc2c(c1)S(=O)(=O)N=C(C1=C(O)[C@@H]3[C@H]4CC[C@@H](C4)[C@@H]3N(Cc3ccsc3)C1=O)N2. The maximum absolute atomic E-state index is 13.8. The molecule has 3 N–H and O–H groups in total. The summed E-state index contributed by atoms with van der Waals surface area (Å²) in [6, 6.07) is 5.82. The lowest BCUT2D eigenvalue weighted by Gasteiger charge is -2.44. The van der Waals surface area contributed by atoms with Crippen molar-refractivity contribution in [1.82, 2.24) is 4.90 Å². The Morgan fingerprint density at radius 1 is 1.25 bits per heavy atom. The molecule has 4 atom stereocenters. The fraction of sp³-hybridized carbons (Fsp3) is 0.391. The van der Waals surface area contributed by atoms with Gasteiger partial charge in [0.05, 0.1) is 11.9 Å². The Morgan fingerprint density at radius 2 is 2.03 bits per heavy atom. The average molecular weight is 549 g/mol. The van der Waals surface area contributed by atoms with E-state index in [9.17, 15) is 26.7 Å². The standard InChI is InChI=1S/C23H24N4O6S3/c1-35(30,31)25-15-4-5-16-17(9-15)36(32,33)26-22(24-16)19-21(28)18-13-2-3-14(8-13)20(18)27(23(19)29)10-12-6-7-34-11-12/h4-7,9,11,13-14,18,20,25,28H,2-3,8,10H2,1H3,(H,24,26)/t13-,14-,18+,20-/m0/s1. The van der Waals surface area contributed by atoms with E-state index < -0.39 is 26.0 Å². The molecule has 0 spiro atoms. The van der Waals surface area contributed by atoms with Gasteiger partial charge in [-0.2, -0.15) is 19.8 Å². The number of hydrogen-bond donors (Lipinski definition) is 3. The lowest BCUT2D eigenvalue weighted by molar-refractivity contribution is -0.134. The van der Waals surface area contributed by atoms with Gasteiger partial charge in [-0.05, 0) is 71.7 Å². The number of carbonyl (C=O) groups excluding carboxylic acids is 1. The van der Waals surface area contributed by atoms with Gasteiger partial charge in [0.15, 0.2) is 5.84 Å². The predicted molar refractivity (Wildman–Crippen MR) is 136 cm³/mol. The number of aliphatic hydroxyl groups is 1. The summed E-state index contributed by atoms with van der Waals surface area (Å²) in [5, 5.41) is 18.2. The molecule has 36 heavy (non-hydrogen) atoms. The van der Waals surface area contributed by atoms with E-state index in [1.165, 1.54) is 29.5 Å². The van der Waals surface area contributed by atoms with Crippen LogP contribution in [0.5, 0.6) is 0 Å². The van der Waals surface area contributed by atoms with E-state index in [0.29, 0.717) is 12.5 Å². The minimum Gasteiger partial charge on any atom is -0.511 e. The maximum Gasteiger partial charge on any atom is 0.286 e. The number of thiophene rings is 1. The van der Waals surface area contributed by atoms with Crippen molar-refractivity contribution in [2.24, 2.45) is 22.2 Å². The second-order valence-corrected chi connectivity index (χ2v) is 13.9. The van der Waals surface area contributed by atoms with Crippen LogP contribution in [-0.4, -0.2) is 50.9 Å². The summed E-state index contributed by atoms with van der Waals surface area (Å²) in [6.45, 7) is 0.376. The molecular weight excluding hydrogens is 524 g/mol. The first-order chi connectivity index (χ1) is 17.0. The third-order valence-electron chi connectivity index (χ3n) is 7.48. The number of carbonyl (C=O) groups is 1. The molecule has 1 aromatic heterocycles. The fourth-order valence-electron chi connectivity index (χ4n) is 6.17. The summed E-state index contributed by atoms with van der Waals surface area (Å²) in [4.78, 5) is 15.4. The zero-order valence-corrected chi connectivity index (χ0v) is 21.7. The molecule has 2 saturated carbocycles. The van der Waals surface area contributed by atoms with E-state index in [0.717, 1.165) is 31.1 Å². The summed E-state index contributed by atoms with van der Waals surface area (Å²) in [5.41, 5.74) is 1.08. The van der Waals surface area contributed by atoms with Gasteiger partial charge in [-0.25, -0.2) is 8.42 Å². The van der Waals surface area contributed by atoms with Crippen molar-refractivity contribution >= 4 is 54.5 Å². The molecule has 1 amide bonds. The number of rotatable bonds is 5. The van der Waals surface area contributed by atoms with Crippen molar-refractivity contribution in [3.05, 3.63) is 51.9 Å². The highest BCUT2D eigenvalue weighted by molar-refractivity contribution is 7.92. The molecule has 13 heteroatoms. The molecule has 1 aromatic carbocycles. The van der Waals surface area contributed by atoms with E-state index in [2.05, 4.69) is 14.4 Å². The van der Waals surface area contributed by atoms with Gasteiger partial charge in [0.1, 0.15) is 16.2 Å².